The number of nitrogens with zero attached hydrogens (tertiary/aromatic N) is 2. The third kappa shape index (κ3) is 12.0. The van der Waals surface area contributed by atoms with E-state index in [2.05, 4.69) is 41.7 Å². The Morgan fingerprint density at radius 3 is 2.04 bits per heavy atom. The first-order chi connectivity index (χ1) is 11.6. The summed E-state index contributed by atoms with van der Waals surface area (Å²) in [6, 6.07) is 0. The predicted octanol–water partition coefficient (Wildman–Crippen LogP) is 3.99. The van der Waals surface area contributed by atoms with Crippen LogP contribution in [0.25, 0.3) is 0 Å². The average Bonchev–Trinajstić information content (AvgIpc) is 2.95. The van der Waals surface area contributed by atoms with E-state index in [4.69, 9.17) is 13.0 Å². The number of unbranched alkanes of at least 4 members (excludes halogenated alkanes) is 6. The topological polar surface area (TPSA) is 66.0 Å². The summed E-state index contributed by atoms with van der Waals surface area (Å²) in [5.74, 6) is 0. The van der Waals surface area contributed by atoms with Crippen LogP contribution in [0.2, 0.25) is 0 Å². The van der Waals surface area contributed by atoms with E-state index in [-0.39, 0.29) is 0 Å². The van der Waals surface area contributed by atoms with Crippen LogP contribution in [-0.2, 0) is 23.2 Å². The van der Waals surface area contributed by atoms with Crippen molar-refractivity contribution >= 4 is 10.1 Å². The van der Waals surface area contributed by atoms with Gasteiger partial charge in [-0.3, -0.25) is 0 Å². The number of alkyl halides is 3. The van der Waals surface area contributed by atoms with Gasteiger partial charge in [-0.25, -0.2) is 17.6 Å². The van der Waals surface area contributed by atoms with Crippen molar-refractivity contribution in [3.63, 3.8) is 0 Å². The van der Waals surface area contributed by atoms with Crippen LogP contribution < -0.4 is 4.57 Å². The lowest BCUT2D eigenvalue weighted by Crippen LogP contribution is -2.30. The molecule has 0 radical (unpaired) electrons. The van der Waals surface area contributed by atoms with Gasteiger partial charge in [-0.1, -0.05) is 46.0 Å². The molecule has 0 atom stereocenters. The first kappa shape index (κ1) is 23.9. The second-order valence-corrected chi connectivity index (χ2v) is 7.28. The molecule has 1 heterocycles. The minimum Gasteiger partial charge on any atom is -0.741 e. The van der Waals surface area contributed by atoms with Gasteiger partial charge < -0.3 is 4.55 Å². The first-order valence-corrected chi connectivity index (χ1v) is 10.1. The Balaban J connectivity index is 0.000000609. The Hall–Kier alpha value is -1.09. The highest BCUT2D eigenvalue weighted by atomic mass is 32.2. The Kier molecular flexibility index (Phi) is 11.8. The minimum absolute atomic E-state index is 1.17. The van der Waals surface area contributed by atoms with E-state index >= 15 is 0 Å². The van der Waals surface area contributed by atoms with Gasteiger partial charge in [0.2, 0.25) is 6.33 Å². The van der Waals surface area contributed by atoms with Gasteiger partial charge in [0, 0.05) is 0 Å². The molecular weight excluding hydrogens is 357 g/mol. The molecule has 5 nitrogen and oxygen atoms in total. The fourth-order valence-electron chi connectivity index (χ4n) is 2.12. The van der Waals surface area contributed by atoms with E-state index < -0.39 is 15.6 Å². The van der Waals surface area contributed by atoms with E-state index in [1.165, 1.54) is 64.5 Å². The molecule has 0 fully saturated rings. The summed E-state index contributed by atoms with van der Waals surface area (Å²) >= 11 is 0. The number of aryl methyl sites for hydroxylation is 2. The van der Waals surface area contributed by atoms with Crippen LogP contribution in [0.1, 0.15) is 65.2 Å². The summed E-state index contributed by atoms with van der Waals surface area (Å²) in [6.07, 6.45) is 17.5. The van der Waals surface area contributed by atoms with Gasteiger partial charge in [-0.05, 0) is 19.3 Å². The summed E-state index contributed by atoms with van der Waals surface area (Å²) in [6.45, 7) is 6.87. The molecule has 0 unspecified atom stereocenters. The van der Waals surface area contributed by atoms with Crippen molar-refractivity contribution in [1.29, 1.82) is 0 Å². The van der Waals surface area contributed by atoms with E-state index in [0.717, 1.165) is 0 Å². The third-order valence-electron chi connectivity index (χ3n) is 3.57. The standard InChI is InChI=1S/C15H29N2.CHF3O3S/c1-3-5-7-8-9-10-12-17-14-13-16(15-17)11-6-4-2;2-1(3,4)8(5,6)7/h13-15H,3-12H2,1-2H3;(H,5,6,7)/q+1;/p-1. The van der Waals surface area contributed by atoms with Crippen LogP contribution >= 0.6 is 0 Å². The van der Waals surface area contributed by atoms with Crippen molar-refractivity contribution in [1.82, 2.24) is 4.57 Å². The van der Waals surface area contributed by atoms with Crippen molar-refractivity contribution in [2.75, 3.05) is 0 Å². The molecule has 0 aromatic carbocycles. The molecule has 0 N–H and O–H groups in total. The largest absolute Gasteiger partial charge is 0.741 e. The van der Waals surface area contributed by atoms with Gasteiger partial charge in [-0.2, -0.15) is 13.2 Å². The quantitative estimate of drug-likeness (QED) is 0.264. The van der Waals surface area contributed by atoms with Crippen LogP contribution in [0.3, 0.4) is 0 Å². The first-order valence-electron chi connectivity index (χ1n) is 8.68. The Labute approximate surface area is 148 Å². The molecule has 0 aliphatic carbocycles. The summed E-state index contributed by atoms with van der Waals surface area (Å²) < 4.78 is 63.5. The van der Waals surface area contributed by atoms with Gasteiger partial charge in [0.15, 0.2) is 10.1 Å². The number of hydrogen-bond acceptors (Lipinski definition) is 3. The molecular formula is C16H29F3N2O3S. The maximum atomic E-state index is 10.7. The molecule has 1 rings (SSSR count). The van der Waals surface area contributed by atoms with Crippen molar-refractivity contribution in [2.45, 2.75) is 83.8 Å². The zero-order valence-electron chi connectivity index (χ0n) is 15.0. The van der Waals surface area contributed by atoms with E-state index in [0.29, 0.717) is 0 Å². The highest BCUT2D eigenvalue weighted by Crippen LogP contribution is 2.20. The van der Waals surface area contributed by atoms with Crippen LogP contribution in [0.5, 0.6) is 0 Å². The Bertz CT molecular complexity index is 557. The lowest BCUT2D eigenvalue weighted by atomic mass is 10.1. The zero-order chi connectivity index (χ0) is 19.3. The lowest BCUT2D eigenvalue weighted by molar-refractivity contribution is -0.696. The molecule has 25 heavy (non-hydrogen) atoms. The second-order valence-electron chi connectivity index (χ2n) is 5.91. The average molecular weight is 386 g/mol. The van der Waals surface area contributed by atoms with Gasteiger partial charge in [-0.15, -0.1) is 0 Å². The van der Waals surface area contributed by atoms with Crippen molar-refractivity contribution < 1.29 is 30.7 Å². The number of halogens is 3. The molecule has 0 aliphatic rings. The van der Waals surface area contributed by atoms with Gasteiger partial charge in [0.1, 0.15) is 12.4 Å². The Morgan fingerprint density at radius 2 is 1.52 bits per heavy atom. The van der Waals surface area contributed by atoms with E-state index in [1.54, 1.807) is 0 Å². The van der Waals surface area contributed by atoms with Crippen LogP contribution in [0.15, 0.2) is 18.7 Å². The van der Waals surface area contributed by atoms with Crippen LogP contribution in [-0.4, -0.2) is 23.0 Å². The summed E-state index contributed by atoms with van der Waals surface area (Å²) in [5.41, 5.74) is -5.65. The van der Waals surface area contributed by atoms with Crippen LogP contribution in [0.4, 0.5) is 13.2 Å². The van der Waals surface area contributed by atoms with Gasteiger partial charge in [0.05, 0.1) is 13.1 Å². The number of aromatic nitrogens is 2. The highest BCUT2D eigenvalue weighted by Gasteiger charge is 2.36. The fraction of sp³-hybridized carbons (Fsp3) is 0.812. The molecule has 0 amide bonds. The zero-order valence-corrected chi connectivity index (χ0v) is 15.8. The summed E-state index contributed by atoms with van der Waals surface area (Å²) in [5, 5.41) is 0. The van der Waals surface area contributed by atoms with Gasteiger partial charge >= 0.3 is 5.51 Å². The Morgan fingerprint density at radius 1 is 1.00 bits per heavy atom. The lowest BCUT2D eigenvalue weighted by Gasteiger charge is -2.08. The highest BCUT2D eigenvalue weighted by molar-refractivity contribution is 7.86. The number of hydrogen-bond donors (Lipinski definition) is 0. The smallest absolute Gasteiger partial charge is 0.485 e. The van der Waals surface area contributed by atoms with Gasteiger partial charge in [0.25, 0.3) is 0 Å². The van der Waals surface area contributed by atoms with E-state index in [1.807, 2.05) is 0 Å². The molecule has 0 bridgehead atoms. The number of rotatable bonds is 10. The van der Waals surface area contributed by atoms with Crippen LogP contribution in [0, 0.1) is 0 Å². The fourth-order valence-corrected chi connectivity index (χ4v) is 2.12. The maximum Gasteiger partial charge on any atom is 0.485 e. The monoisotopic (exact) mass is 386 g/mol. The molecule has 1 aromatic rings. The SMILES string of the molecule is CCCCCCCC[n+]1ccn(CCCC)c1.O=S(=O)([O-])C(F)(F)F. The molecule has 0 saturated heterocycles. The molecule has 0 aliphatic heterocycles. The molecule has 0 spiro atoms. The summed E-state index contributed by atoms with van der Waals surface area (Å²) in [4.78, 5) is 0. The normalized spacial score (nSPS) is 11.9. The van der Waals surface area contributed by atoms with Crippen molar-refractivity contribution in [3.8, 4) is 0 Å². The van der Waals surface area contributed by atoms with E-state index in [9.17, 15) is 13.2 Å². The number of imidazole rings is 1. The minimum atomic E-state index is -6.09. The second kappa shape index (κ2) is 12.3. The molecule has 148 valence electrons. The predicted molar refractivity (Wildman–Crippen MR) is 88.7 cm³/mol. The molecule has 1 aromatic heterocycles. The van der Waals surface area contributed by atoms with Crippen molar-refractivity contribution in [3.05, 3.63) is 18.7 Å². The molecule has 0 saturated carbocycles. The molecule has 9 heteroatoms. The third-order valence-corrected chi connectivity index (χ3v) is 4.14. The summed E-state index contributed by atoms with van der Waals surface area (Å²) in [7, 11) is -6.09. The van der Waals surface area contributed by atoms with Crippen molar-refractivity contribution in [2.24, 2.45) is 0 Å². The maximum absolute atomic E-state index is 10.7.